The zero-order valence-corrected chi connectivity index (χ0v) is 23.2. The number of fused-ring (bicyclic) bond motifs is 2. The third-order valence-electron chi connectivity index (χ3n) is 8.09. The molecule has 2 aliphatic carbocycles. The van der Waals surface area contributed by atoms with Gasteiger partial charge < -0.3 is 0 Å². The van der Waals surface area contributed by atoms with Gasteiger partial charge in [0.2, 0.25) is 0 Å². The van der Waals surface area contributed by atoms with Gasteiger partial charge >= 0.3 is 6.18 Å². The van der Waals surface area contributed by atoms with Crippen LogP contribution in [0.15, 0.2) is 71.7 Å². The molecule has 1 saturated carbocycles. The number of sulfone groups is 1. The molecule has 42 heavy (non-hydrogen) atoms. The van der Waals surface area contributed by atoms with Crippen molar-refractivity contribution < 1.29 is 30.8 Å². The van der Waals surface area contributed by atoms with Crippen molar-refractivity contribution in [2.45, 2.75) is 36.8 Å². The number of pyridine rings is 1. The Bertz CT molecular complexity index is 1810. The minimum atomic E-state index is -4.61. The number of carbonyl (C=O) groups excluding carboxylic acids is 1. The highest BCUT2D eigenvalue weighted by Crippen LogP contribution is 2.52. The number of ketones is 1. The minimum absolute atomic E-state index is 0.0858. The molecular formula is C29H25F4N5O3S. The molecule has 2 atom stereocenters. The van der Waals surface area contributed by atoms with Crippen LogP contribution in [0.1, 0.15) is 46.6 Å². The fourth-order valence-corrected chi connectivity index (χ4v) is 7.67. The molecule has 0 amide bonds. The third kappa shape index (κ3) is 4.95. The van der Waals surface area contributed by atoms with Crippen LogP contribution in [0.4, 0.5) is 17.6 Å². The van der Waals surface area contributed by atoms with Crippen LogP contribution in [0, 0.1) is 17.2 Å². The first-order valence-electron chi connectivity index (χ1n) is 13.2. The zero-order chi connectivity index (χ0) is 29.9. The predicted molar refractivity (Wildman–Crippen MR) is 144 cm³/mol. The van der Waals surface area contributed by atoms with Gasteiger partial charge in [-0.15, -0.1) is 0 Å². The molecule has 0 spiro atoms. The molecule has 2 aliphatic rings. The lowest BCUT2D eigenvalue weighted by molar-refractivity contribution is -0.137. The van der Waals surface area contributed by atoms with E-state index in [1.807, 2.05) is 6.08 Å². The van der Waals surface area contributed by atoms with E-state index in [2.05, 4.69) is 15.2 Å². The van der Waals surface area contributed by atoms with E-state index in [9.17, 15) is 30.8 Å². The van der Waals surface area contributed by atoms with Crippen molar-refractivity contribution in [3.63, 3.8) is 0 Å². The lowest BCUT2D eigenvalue weighted by Crippen LogP contribution is -2.43. The molecule has 3 heterocycles. The quantitative estimate of drug-likeness (QED) is 0.222. The SMILES string of the molecule is Cn1cc(S(=O)(=O)C[C@H]2CCC3=Cc4c(cnn4-c4ccc(F)cc4)C[C@]3(C(=O)c3ccc(C(F)(F)F)cn3)C2)cn1. The number of Topliss-reactive ketones (excluding diaryl/α,β-unsaturated/α-hetero) is 1. The van der Waals surface area contributed by atoms with Gasteiger partial charge in [-0.2, -0.15) is 23.4 Å². The zero-order valence-electron chi connectivity index (χ0n) is 22.3. The van der Waals surface area contributed by atoms with Gasteiger partial charge in [-0.3, -0.25) is 14.5 Å². The van der Waals surface area contributed by atoms with Gasteiger partial charge in [-0.25, -0.2) is 17.5 Å². The van der Waals surface area contributed by atoms with Gasteiger partial charge in [0.1, 0.15) is 16.4 Å². The maximum Gasteiger partial charge on any atom is 0.417 e. The fourth-order valence-electron chi connectivity index (χ4n) is 6.05. The van der Waals surface area contributed by atoms with E-state index < -0.39 is 44.5 Å². The van der Waals surface area contributed by atoms with Gasteiger partial charge in [0, 0.05) is 19.4 Å². The molecule has 6 rings (SSSR count). The third-order valence-corrected chi connectivity index (χ3v) is 9.93. The molecule has 13 heteroatoms. The number of hydrogen-bond donors (Lipinski definition) is 0. The second-order valence-electron chi connectivity index (χ2n) is 10.9. The van der Waals surface area contributed by atoms with Crippen molar-refractivity contribution in [1.82, 2.24) is 24.5 Å². The summed E-state index contributed by atoms with van der Waals surface area (Å²) in [6, 6.07) is 7.70. The predicted octanol–water partition coefficient (Wildman–Crippen LogP) is 5.24. The van der Waals surface area contributed by atoms with Crippen LogP contribution in [0.25, 0.3) is 11.8 Å². The van der Waals surface area contributed by atoms with Crippen molar-refractivity contribution in [2.24, 2.45) is 18.4 Å². The molecule has 0 bridgehead atoms. The maximum absolute atomic E-state index is 14.2. The Morgan fingerprint density at radius 3 is 2.48 bits per heavy atom. The largest absolute Gasteiger partial charge is 0.417 e. The van der Waals surface area contributed by atoms with Crippen LogP contribution in [0.2, 0.25) is 0 Å². The lowest BCUT2D eigenvalue weighted by Gasteiger charge is -2.44. The average molecular weight is 600 g/mol. The summed E-state index contributed by atoms with van der Waals surface area (Å²) in [5, 5.41) is 8.43. The highest BCUT2D eigenvalue weighted by Gasteiger charge is 2.50. The number of rotatable bonds is 6. The summed E-state index contributed by atoms with van der Waals surface area (Å²) >= 11 is 0. The number of nitrogens with zero attached hydrogens (tertiary/aromatic N) is 5. The second-order valence-corrected chi connectivity index (χ2v) is 12.9. The van der Waals surface area contributed by atoms with Gasteiger partial charge in [-0.1, -0.05) is 5.57 Å². The maximum atomic E-state index is 14.2. The van der Waals surface area contributed by atoms with Crippen LogP contribution in [0.3, 0.4) is 0 Å². The summed E-state index contributed by atoms with van der Waals surface area (Å²) in [7, 11) is -2.10. The molecule has 0 N–H and O–H groups in total. The first kappa shape index (κ1) is 28.0. The van der Waals surface area contributed by atoms with Crippen molar-refractivity contribution >= 4 is 21.7 Å². The number of alkyl halides is 3. The number of aromatic nitrogens is 5. The van der Waals surface area contributed by atoms with E-state index in [0.29, 0.717) is 36.0 Å². The molecule has 3 aromatic heterocycles. The van der Waals surface area contributed by atoms with E-state index in [1.165, 1.54) is 29.2 Å². The van der Waals surface area contributed by atoms with Gasteiger partial charge in [-0.05, 0) is 79.6 Å². The molecule has 218 valence electrons. The molecular weight excluding hydrogens is 574 g/mol. The summed E-state index contributed by atoms with van der Waals surface area (Å²) in [5.74, 6) is -1.47. The summed E-state index contributed by atoms with van der Waals surface area (Å²) in [6.07, 6.45) is 3.42. The minimum Gasteiger partial charge on any atom is -0.291 e. The Balaban J connectivity index is 1.39. The lowest BCUT2D eigenvalue weighted by atomic mass is 9.59. The first-order chi connectivity index (χ1) is 19.9. The molecule has 4 aromatic rings. The Morgan fingerprint density at radius 1 is 1.07 bits per heavy atom. The van der Waals surface area contributed by atoms with Crippen molar-refractivity contribution in [3.8, 4) is 5.69 Å². The van der Waals surface area contributed by atoms with Crippen LogP contribution >= 0.6 is 0 Å². The molecule has 8 nitrogen and oxygen atoms in total. The summed E-state index contributed by atoms with van der Waals surface area (Å²) in [5.41, 5.74) is 0.460. The van der Waals surface area contributed by atoms with E-state index in [1.54, 1.807) is 30.1 Å². The average Bonchev–Trinajstić information content (AvgIpc) is 3.57. The fraction of sp³-hybridized carbons (Fsp3) is 0.310. The van der Waals surface area contributed by atoms with Gasteiger partial charge in [0.15, 0.2) is 15.6 Å². The highest BCUT2D eigenvalue weighted by atomic mass is 32.2. The highest BCUT2D eigenvalue weighted by molar-refractivity contribution is 7.91. The molecule has 0 aliphatic heterocycles. The van der Waals surface area contributed by atoms with E-state index in [0.717, 1.165) is 17.7 Å². The Morgan fingerprint density at radius 2 is 1.83 bits per heavy atom. The normalized spacial score (nSPS) is 20.5. The molecule has 0 unspecified atom stereocenters. The van der Waals surface area contributed by atoms with E-state index in [4.69, 9.17) is 0 Å². The number of benzene rings is 1. The van der Waals surface area contributed by atoms with Crippen LogP contribution < -0.4 is 0 Å². The number of carbonyl (C=O) groups is 1. The van der Waals surface area contributed by atoms with Crippen LogP contribution in [-0.2, 0) is 29.5 Å². The Hall–Kier alpha value is -4.13. The van der Waals surface area contributed by atoms with E-state index in [-0.39, 0.29) is 29.2 Å². The monoisotopic (exact) mass is 599 g/mol. The van der Waals surface area contributed by atoms with E-state index >= 15 is 0 Å². The summed E-state index contributed by atoms with van der Waals surface area (Å²) < 4.78 is 82.6. The first-order valence-corrected chi connectivity index (χ1v) is 14.8. The van der Waals surface area contributed by atoms with Crippen LogP contribution in [0.5, 0.6) is 0 Å². The Labute approximate surface area is 238 Å². The van der Waals surface area contributed by atoms with Gasteiger partial charge in [0.05, 0.1) is 40.5 Å². The molecule has 1 aromatic carbocycles. The standard InChI is InChI=1S/C29H25F4N5O3S/c1-37-16-24(15-35-37)42(40,41)17-18-2-3-20-10-26-19(13-36-38(26)23-7-5-22(30)6-8-23)12-28(20,11-18)27(39)25-9-4-21(14-34-25)29(31,32)33/h4-10,13-16,18H,2-3,11-12,17H2,1H3/t18-,28+/m0/s1. The van der Waals surface area contributed by atoms with Crippen molar-refractivity contribution in [2.75, 3.05) is 5.75 Å². The Kier molecular flexibility index (Phi) is 6.67. The molecule has 1 fully saturated rings. The topological polar surface area (TPSA) is 99.7 Å². The number of aryl methyl sites for hydroxylation is 1. The smallest absolute Gasteiger partial charge is 0.291 e. The van der Waals surface area contributed by atoms with Gasteiger partial charge in [0.25, 0.3) is 0 Å². The van der Waals surface area contributed by atoms with Crippen molar-refractivity contribution in [1.29, 1.82) is 0 Å². The summed E-state index contributed by atoms with van der Waals surface area (Å²) in [4.78, 5) is 18.2. The summed E-state index contributed by atoms with van der Waals surface area (Å²) in [6.45, 7) is 0. The van der Waals surface area contributed by atoms with Crippen LogP contribution in [-0.4, -0.2) is 44.5 Å². The number of allylic oxidation sites excluding steroid dienone is 1. The number of halogens is 4. The molecule has 0 saturated heterocycles. The number of hydrogen-bond acceptors (Lipinski definition) is 6. The molecule has 0 radical (unpaired) electrons. The van der Waals surface area contributed by atoms with Crippen molar-refractivity contribution in [3.05, 3.63) is 95.1 Å². The second kappa shape index (κ2) is 10.0.